The van der Waals surface area contributed by atoms with Gasteiger partial charge in [0.15, 0.2) is 11.6 Å². The normalized spacial score (nSPS) is 20.0. The van der Waals surface area contributed by atoms with E-state index in [-0.39, 0.29) is 17.9 Å². The van der Waals surface area contributed by atoms with Crippen LogP contribution in [0.5, 0.6) is 0 Å². The SMILES string of the molecule is O=C(Nc1cc(-c2ccccc2)[nH]n1)N1CCC(c2nc(C(=O)N3CCC4(CC3)OCCCO4)cs2)CC1. The van der Waals surface area contributed by atoms with E-state index in [4.69, 9.17) is 14.5 Å². The van der Waals surface area contributed by atoms with E-state index in [1.165, 1.54) is 0 Å². The molecule has 200 valence electrons. The molecule has 3 aliphatic rings. The maximum Gasteiger partial charge on any atom is 0.323 e. The number of likely N-dealkylation sites (tertiary alicyclic amines) is 2. The number of carbonyl (C=O) groups excluding carboxylic acids is 2. The van der Waals surface area contributed by atoms with Gasteiger partial charge in [-0.2, -0.15) is 5.10 Å². The second kappa shape index (κ2) is 10.8. The molecule has 2 aromatic heterocycles. The molecule has 3 fully saturated rings. The molecule has 11 heteroatoms. The summed E-state index contributed by atoms with van der Waals surface area (Å²) < 4.78 is 11.8. The Balaban J connectivity index is 0.991. The summed E-state index contributed by atoms with van der Waals surface area (Å²) in [7, 11) is 0. The van der Waals surface area contributed by atoms with Crippen LogP contribution in [0.15, 0.2) is 41.8 Å². The number of carbonyl (C=O) groups is 2. The number of benzene rings is 1. The summed E-state index contributed by atoms with van der Waals surface area (Å²) in [5.41, 5.74) is 2.38. The summed E-state index contributed by atoms with van der Waals surface area (Å²) in [6.45, 7) is 3.93. The number of nitrogens with one attached hydrogen (secondary N) is 2. The van der Waals surface area contributed by atoms with E-state index in [0.717, 1.165) is 48.7 Å². The van der Waals surface area contributed by atoms with Gasteiger partial charge < -0.3 is 19.3 Å². The number of amides is 3. The van der Waals surface area contributed by atoms with Crippen LogP contribution in [0.4, 0.5) is 10.6 Å². The molecule has 2 N–H and O–H groups in total. The van der Waals surface area contributed by atoms with Crippen LogP contribution in [0, 0.1) is 0 Å². The van der Waals surface area contributed by atoms with Crippen molar-refractivity contribution in [2.45, 2.75) is 43.8 Å². The van der Waals surface area contributed by atoms with Crippen LogP contribution in [-0.4, -0.2) is 82.1 Å². The van der Waals surface area contributed by atoms with Gasteiger partial charge in [0, 0.05) is 56.4 Å². The summed E-state index contributed by atoms with van der Waals surface area (Å²) >= 11 is 1.54. The van der Waals surface area contributed by atoms with Crippen LogP contribution in [-0.2, 0) is 9.47 Å². The molecule has 0 aliphatic carbocycles. The van der Waals surface area contributed by atoms with Crippen molar-refractivity contribution >= 4 is 29.1 Å². The van der Waals surface area contributed by atoms with Crippen molar-refractivity contribution in [1.29, 1.82) is 0 Å². The maximum atomic E-state index is 13.1. The molecule has 10 nitrogen and oxygen atoms in total. The van der Waals surface area contributed by atoms with Crippen LogP contribution in [0.1, 0.15) is 53.5 Å². The second-order valence-electron chi connectivity index (χ2n) is 10.0. The number of ether oxygens (including phenoxy) is 2. The van der Waals surface area contributed by atoms with Crippen LogP contribution in [0.3, 0.4) is 0 Å². The van der Waals surface area contributed by atoms with E-state index in [9.17, 15) is 9.59 Å². The molecule has 38 heavy (non-hydrogen) atoms. The van der Waals surface area contributed by atoms with Gasteiger partial charge in [-0.15, -0.1) is 11.3 Å². The Morgan fingerprint density at radius 3 is 2.50 bits per heavy atom. The van der Waals surface area contributed by atoms with Crippen LogP contribution in [0.25, 0.3) is 11.3 Å². The Bertz CT molecular complexity index is 1250. The number of aromatic nitrogens is 3. The minimum atomic E-state index is -0.510. The highest BCUT2D eigenvalue weighted by atomic mass is 32.1. The Morgan fingerprint density at radius 1 is 1.03 bits per heavy atom. The molecule has 0 atom stereocenters. The zero-order valence-corrected chi connectivity index (χ0v) is 22.0. The van der Waals surface area contributed by atoms with Crippen LogP contribution in [0.2, 0.25) is 0 Å². The van der Waals surface area contributed by atoms with Crippen molar-refractivity contribution in [3.05, 3.63) is 52.5 Å². The van der Waals surface area contributed by atoms with Gasteiger partial charge in [0.2, 0.25) is 0 Å². The van der Waals surface area contributed by atoms with Gasteiger partial charge in [0.1, 0.15) is 5.69 Å². The molecule has 0 bridgehead atoms. The second-order valence-corrected chi connectivity index (χ2v) is 10.9. The first-order valence-electron chi connectivity index (χ1n) is 13.3. The molecule has 0 unspecified atom stereocenters. The Hall–Kier alpha value is -3.28. The number of H-pyrrole nitrogens is 1. The standard InChI is InChI=1S/C27H32N6O4S/c34-25(32-13-9-27(10-14-32)36-15-4-16-37-27)22-18-38-24(28-22)20-7-11-33(12-8-20)26(35)29-23-17-21(30-31-23)19-5-2-1-3-6-19/h1-3,5-6,17-18,20H,4,7-16H2,(H2,29,30,31,35). The van der Waals surface area contributed by atoms with Crippen molar-refractivity contribution in [3.63, 3.8) is 0 Å². The lowest BCUT2D eigenvalue weighted by molar-refractivity contribution is -0.281. The van der Waals surface area contributed by atoms with Crippen molar-refractivity contribution < 1.29 is 19.1 Å². The van der Waals surface area contributed by atoms with Crippen LogP contribution < -0.4 is 5.32 Å². The highest BCUT2D eigenvalue weighted by Gasteiger charge is 2.40. The topological polar surface area (TPSA) is 113 Å². The Labute approximate surface area is 225 Å². The summed E-state index contributed by atoms with van der Waals surface area (Å²) in [6.07, 6.45) is 3.94. The number of nitrogens with zero attached hydrogens (tertiary/aromatic N) is 4. The highest BCUT2D eigenvalue weighted by molar-refractivity contribution is 7.09. The number of rotatable bonds is 4. The number of piperidine rings is 2. The number of hydrogen-bond donors (Lipinski definition) is 2. The first-order valence-corrected chi connectivity index (χ1v) is 14.2. The van der Waals surface area contributed by atoms with Gasteiger partial charge >= 0.3 is 6.03 Å². The summed E-state index contributed by atoms with van der Waals surface area (Å²) in [6, 6.07) is 11.6. The molecule has 5 heterocycles. The van der Waals surface area contributed by atoms with Crippen molar-refractivity contribution in [2.75, 3.05) is 44.7 Å². The molecule has 3 aliphatic heterocycles. The zero-order chi connectivity index (χ0) is 26.0. The van der Waals surface area contributed by atoms with Gasteiger partial charge in [-0.1, -0.05) is 30.3 Å². The van der Waals surface area contributed by atoms with E-state index < -0.39 is 5.79 Å². The zero-order valence-electron chi connectivity index (χ0n) is 21.2. The molecule has 0 saturated carbocycles. The summed E-state index contributed by atoms with van der Waals surface area (Å²) in [4.78, 5) is 34.3. The number of aromatic amines is 1. The summed E-state index contributed by atoms with van der Waals surface area (Å²) in [5.74, 6) is 0.214. The van der Waals surface area contributed by atoms with E-state index >= 15 is 0 Å². The fourth-order valence-corrected chi connectivity index (χ4v) is 6.33. The van der Waals surface area contributed by atoms with E-state index in [0.29, 0.717) is 50.5 Å². The molecular formula is C27H32N6O4S. The Kier molecular flexibility index (Phi) is 7.14. The largest absolute Gasteiger partial charge is 0.350 e. The number of anilines is 1. The molecule has 0 radical (unpaired) electrons. The first kappa shape index (κ1) is 25.0. The summed E-state index contributed by atoms with van der Waals surface area (Å²) in [5, 5.41) is 12.9. The van der Waals surface area contributed by atoms with Gasteiger partial charge in [0.25, 0.3) is 5.91 Å². The molecule has 1 aromatic carbocycles. The highest BCUT2D eigenvalue weighted by Crippen LogP contribution is 2.33. The third-order valence-electron chi connectivity index (χ3n) is 7.60. The van der Waals surface area contributed by atoms with E-state index in [1.54, 1.807) is 11.3 Å². The molecule has 3 saturated heterocycles. The minimum absolute atomic E-state index is 0.0242. The quantitative estimate of drug-likeness (QED) is 0.514. The van der Waals surface area contributed by atoms with Gasteiger partial charge in [0.05, 0.1) is 23.9 Å². The fourth-order valence-electron chi connectivity index (χ4n) is 5.36. The lowest BCUT2D eigenvalue weighted by Gasteiger charge is -2.43. The fraction of sp³-hybridized carbons (Fsp3) is 0.481. The third-order valence-corrected chi connectivity index (χ3v) is 8.61. The van der Waals surface area contributed by atoms with E-state index in [2.05, 4.69) is 15.5 Å². The molecule has 1 spiro atoms. The molecular weight excluding hydrogens is 504 g/mol. The molecule has 3 aromatic rings. The van der Waals surface area contributed by atoms with Crippen molar-refractivity contribution in [3.8, 4) is 11.3 Å². The first-order chi connectivity index (χ1) is 18.6. The Morgan fingerprint density at radius 2 is 1.76 bits per heavy atom. The number of thiazole rings is 1. The van der Waals surface area contributed by atoms with Gasteiger partial charge in [-0.05, 0) is 24.8 Å². The smallest absolute Gasteiger partial charge is 0.323 e. The van der Waals surface area contributed by atoms with Crippen molar-refractivity contribution in [2.24, 2.45) is 0 Å². The molecule has 3 amide bonds. The van der Waals surface area contributed by atoms with Crippen molar-refractivity contribution in [1.82, 2.24) is 25.0 Å². The number of urea groups is 1. The third kappa shape index (κ3) is 5.31. The lowest BCUT2D eigenvalue weighted by Crippen LogP contribution is -2.51. The monoisotopic (exact) mass is 536 g/mol. The minimum Gasteiger partial charge on any atom is -0.350 e. The predicted octanol–water partition coefficient (Wildman–Crippen LogP) is 4.31. The number of hydrogen-bond acceptors (Lipinski definition) is 7. The lowest BCUT2D eigenvalue weighted by atomic mass is 9.98. The van der Waals surface area contributed by atoms with Crippen LogP contribution >= 0.6 is 11.3 Å². The van der Waals surface area contributed by atoms with E-state index in [1.807, 2.05) is 51.6 Å². The van der Waals surface area contributed by atoms with Gasteiger partial charge in [-0.25, -0.2) is 9.78 Å². The average Bonchev–Trinajstić information content (AvgIpc) is 3.65. The van der Waals surface area contributed by atoms with Gasteiger partial charge in [-0.3, -0.25) is 15.2 Å². The maximum absolute atomic E-state index is 13.1. The molecule has 6 rings (SSSR count). The average molecular weight is 537 g/mol. The predicted molar refractivity (Wildman–Crippen MR) is 143 cm³/mol.